The lowest BCUT2D eigenvalue weighted by atomic mass is 10.2. The topological polar surface area (TPSA) is 63.8 Å². The van der Waals surface area contributed by atoms with Crippen LogP contribution in [0.1, 0.15) is 5.89 Å². The molecule has 2 aromatic heterocycles. The summed E-state index contributed by atoms with van der Waals surface area (Å²) < 4.78 is 6.62. The molecular weight excluding hydrogens is 352 g/mol. The molecule has 0 aliphatic heterocycles. The molecule has 0 radical (unpaired) electrons. The molecule has 3 rings (SSSR count). The second-order valence-electron chi connectivity index (χ2n) is 4.46. The molecular formula is C15H13ClN4OS2. The average molecular weight is 365 g/mol. The van der Waals surface area contributed by atoms with Gasteiger partial charge in [0.2, 0.25) is 11.0 Å². The molecule has 1 aromatic carbocycles. The van der Waals surface area contributed by atoms with Gasteiger partial charge in [0, 0.05) is 17.1 Å². The Morgan fingerprint density at radius 1 is 1.39 bits per heavy atom. The molecule has 0 saturated heterocycles. The van der Waals surface area contributed by atoms with Crippen molar-refractivity contribution in [1.29, 1.82) is 0 Å². The second kappa shape index (κ2) is 7.63. The van der Waals surface area contributed by atoms with Crippen LogP contribution in [0.2, 0.25) is 5.02 Å². The van der Waals surface area contributed by atoms with Crippen LogP contribution in [0.3, 0.4) is 0 Å². The van der Waals surface area contributed by atoms with Crippen LogP contribution < -0.4 is 5.32 Å². The summed E-state index contributed by atoms with van der Waals surface area (Å²) >= 11 is 9.02. The quantitative estimate of drug-likeness (QED) is 0.482. The van der Waals surface area contributed by atoms with Crippen molar-refractivity contribution in [2.75, 3.05) is 11.9 Å². The van der Waals surface area contributed by atoms with Crippen molar-refractivity contribution < 1.29 is 4.42 Å². The lowest BCUT2D eigenvalue weighted by Gasteiger charge is -1.96. The fourth-order valence-electron chi connectivity index (χ4n) is 1.77. The first-order chi connectivity index (χ1) is 11.2. The maximum Gasteiger partial charge on any atom is 0.206 e. The van der Waals surface area contributed by atoms with Crippen LogP contribution in [-0.2, 0) is 5.75 Å². The summed E-state index contributed by atoms with van der Waals surface area (Å²) in [7, 11) is 0. The van der Waals surface area contributed by atoms with Crippen molar-refractivity contribution in [3.63, 3.8) is 0 Å². The highest BCUT2D eigenvalue weighted by Crippen LogP contribution is 2.29. The van der Waals surface area contributed by atoms with E-state index >= 15 is 0 Å². The summed E-state index contributed by atoms with van der Waals surface area (Å²) in [6, 6.07) is 7.49. The maximum atomic E-state index is 5.99. The minimum absolute atomic E-state index is 0.594. The van der Waals surface area contributed by atoms with Gasteiger partial charge in [-0.3, -0.25) is 0 Å². The van der Waals surface area contributed by atoms with E-state index in [-0.39, 0.29) is 0 Å². The zero-order chi connectivity index (χ0) is 16.1. The van der Waals surface area contributed by atoms with Gasteiger partial charge >= 0.3 is 0 Å². The molecule has 5 nitrogen and oxygen atoms in total. The molecule has 1 N–H and O–H groups in total. The minimum Gasteiger partial charge on any atom is -0.440 e. The molecule has 2 heterocycles. The molecule has 0 unspecified atom stereocenters. The number of hydrogen-bond donors (Lipinski definition) is 1. The summed E-state index contributed by atoms with van der Waals surface area (Å²) in [6.45, 7) is 4.32. The van der Waals surface area contributed by atoms with Crippen LogP contribution in [0, 0.1) is 0 Å². The number of anilines is 1. The van der Waals surface area contributed by atoms with Gasteiger partial charge in [-0.15, -0.1) is 16.8 Å². The number of hydrogen-bond acceptors (Lipinski definition) is 7. The van der Waals surface area contributed by atoms with E-state index in [2.05, 4.69) is 27.1 Å². The monoisotopic (exact) mass is 364 g/mol. The Bertz CT molecular complexity index is 802. The van der Waals surface area contributed by atoms with Gasteiger partial charge in [0.25, 0.3) is 0 Å². The van der Waals surface area contributed by atoms with E-state index in [0.717, 1.165) is 15.0 Å². The van der Waals surface area contributed by atoms with Crippen molar-refractivity contribution in [3.8, 4) is 11.3 Å². The summed E-state index contributed by atoms with van der Waals surface area (Å²) in [5.41, 5.74) is 0.910. The fourth-order valence-corrected chi connectivity index (χ4v) is 3.58. The molecule has 3 aromatic rings. The summed E-state index contributed by atoms with van der Waals surface area (Å²) in [5.74, 6) is 1.94. The van der Waals surface area contributed by atoms with E-state index in [1.54, 1.807) is 12.3 Å². The van der Waals surface area contributed by atoms with E-state index in [0.29, 0.717) is 29.0 Å². The van der Waals surface area contributed by atoms with E-state index in [9.17, 15) is 0 Å². The molecule has 0 amide bonds. The Labute approximate surface area is 146 Å². The van der Waals surface area contributed by atoms with Gasteiger partial charge in [0.1, 0.15) is 0 Å². The SMILES string of the molecule is C=CCNc1nnc(SCc2ncc(-c3cccc(Cl)c3)o2)s1. The first kappa shape index (κ1) is 16.0. The van der Waals surface area contributed by atoms with Gasteiger partial charge in [-0.1, -0.05) is 52.9 Å². The standard InChI is InChI=1S/C15H13ClN4OS2/c1-2-6-17-14-19-20-15(23-14)22-9-13-18-8-12(21-13)10-4-3-5-11(16)7-10/h2-5,7-8H,1,6,9H2,(H,17,19). The van der Waals surface area contributed by atoms with E-state index in [1.807, 2.05) is 24.3 Å². The zero-order valence-electron chi connectivity index (χ0n) is 12.0. The van der Waals surface area contributed by atoms with Crippen molar-refractivity contribution in [3.05, 3.63) is 54.0 Å². The van der Waals surface area contributed by atoms with Crippen LogP contribution in [0.15, 0.2) is 51.9 Å². The Kier molecular flexibility index (Phi) is 5.32. The normalized spacial score (nSPS) is 10.7. The zero-order valence-corrected chi connectivity index (χ0v) is 14.4. The first-order valence-corrected chi connectivity index (χ1v) is 8.94. The first-order valence-electron chi connectivity index (χ1n) is 6.76. The molecule has 0 aliphatic carbocycles. The Balaban J connectivity index is 1.61. The van der Waals surface area contributed by atoms with Crippen LogP contribution in [0.4, 0.5) is 5.13 Å². The van der Waals surface area contributed by atoms with Crippen molar-refractivity contribution >= 4 is 39.8 Å². The third-order valence-corrected chi connectivity index (χ3v) is 5.02. The Morgan fingerprint density at radius 2 is 2.30 bits per heavy atom. The van der Waals surface area contributed by atoms with Gasteiger partial charge in [0.15, 0.2) is 10.1 Å². The van der Waals surface area contributed by atoms with Gasteiger partial charge < -0.3 is 9.73 Å². The highest BCUT2D eigenvalue weighted by Gasteiger charge is 2.10. The number of nitrogens with one attached hydrogen (secondary N) is 1. The van der Waals surface area contributed by atoms with Crippen molar-refractivity contribution in [2.24, 2.45) is 0 Å². The summed E-state index contributed by atoms with van der Waals surface area (Å²) in [5, 5.41) is 12.7. The lowest BCUT2D eigenvalue weighted by molar-refractivity contribution is 0.530. The number of thioether (sulfide) groups is 1. The molecule has 0 atom stereocenters. The minimum atomic E-state index is 0.594. The lowest BCUT2D eigenvalue weighted by Crippen LogP contribution is -1.96. The molecule has 0 bridgehead atoms. The number of halogens is 1. The van der Waals surface area contributed by atoms with Crippen molar-refractivity contribution in [2.45, 2.75) is 10.1 Å². The predicted molar refractivity (Wildman–Crippen MR) is 95.1 cm³/mol. The summed E-state index contributed by atoms with van der Waals surface area (Å²) in [6.07, 6.45) is 3.48. The maximum absolute atomic E-state index is 5.99. The number of aromatic nitrogens is 3. The highest BCUT2D eigenvalue weighted by molar-refractivity contribution is 8.00. The van der Waals surface area contributed by atoms with E-state index in [1.165, 1.54) is 23.1 Å². The average Bonchev–Trinajstić information content (AvgIpc) is 3.20. The van der Waals surface area contributed by atoms with Gasteiger partial charge in [-0.25, -0.2) is 4.98 Å². The molecule has 0 spiro atoms. The highest BCUT2D eigenvalue weighted by atomic mass is 35.5. The van der Waals surface area contributed by atoms with Crippen molar-refractivity contribution in [1.82, 2.24) is 15.2 Å². The number of rotatable bonds is 7. The number of benzene rings is 1. The summed E-state index contributed by atoms with van der Waals surface area (Å²) in [4.78, 5) is 4.29. The number of oxazole rings is 1. The molecule has 0 aliphatic rings. The Hall–Kier alpha value is -1.83. The van der Waals surface area contributed by atoms with Crippen LogP contribution in [0.25, 0.3) is 11.3 Å². The molecule has 0 saturated carbocycles. The number of nitrogens with zero attached hydrogens (tertiary/aromatic N) is 3. The van der Waals surface area contributed by atoms with Crippen LogP contribution in [0.5, 0.6) is 0 Å². The molecule has 23 heavy (non-hydrogen) atoms. The second-order valence-corrected chi connectivity index (χ2v) is 7.10. The van der Waals surface area contributed by atoms with E-state index in [4.69, 9.17) is 16.0 Å². The largest absolute Gasteiger partial charge is 0.440 e. The smallest absolute Gasteiger partial charge is 0.206 e. The van der Waals surface area contributed by atoms with Crippen LogP contribution in [-0.4, -0.2) is 21.7 Å². The Morgan fingerprint density at radius 3 is 3.13 bits per heavy atom. The van der Waals surface area contributed by atoms with Gasteiger partial charge in [-0.05, 0) is 12.1 Å². The van der Waals surface area contributed by atoms with Gasteiger partial charge in [0.05, 0.1) is 11.9 Å². The third kappa shape index (κ3) is 4.34. The predicted octanol–water partition coefficient (Wildman–Crippen LogP) is 4.74. The fraction of sp³-hybridized carbons (Fsp3) is 0.133. The van der Waals surface area contributed by atoms with E-state index < -0.39 is 0 Å². The third-order valence-electron chi connectivity index (χ3n) is 2.79. The van der Waals surface area contributed by atoms with Gasteiger partial charge in [-0.2, -0.15) is 0 Å². The molecule has 8 heteroatoms. The molecule has 118 valence electrons. The molecule has 0 fully saturated rings. The van der Waals surface area contributed by atoms with Crippen LogP contribution >= 0.6 is 34.7 Å².